The van der Waals surface area contributed by atoms with E-state index >= 15 is 0 Å². The molecular weight excluding hydrogens is 570 g/mol. The van der Waals surface area contributed by atoms with Gasteiger partial charge in [0.15, 0.2) is 6.17 Å². The minimum atomic E-state index is -4.76. The van der Waals surface area contributed by atoms with Gasteiger partial charge in [-0.15, -0.1) is 0 Å². The Morgan fingerprint density at radius 1 is 0.952 bits per heavy atom. The molecule has 224 valence electrons. The van der Waals surface area contributed by atoms with Crippen LogP contribution < -0.4 is 15.0 Å². The predicted molar refractivity (Wildman–Crippen MR) is 140 cm³/mol. The van der Waals surface area contributed by atoms with Crippen LogP contribution in [-0.4, -0.2) is 46.0 Å². The fourth-order valence-corrected chi connectivity index (χ4v) is 4.68. The maximum absolute atomic E-state index is 13.8. The summed E-state index contributed by atoms with van der Waals surface area (Å²) in [5.41, 5.74) is -3.54. The Bertz CT molecular complexity index is 1460. The van der Waals surface area contributed by atoms with E-state index in [1.54, 1.807) is 24.3 Å². The summed E-state index contributed by atoms with van der Waals surface area (Å²) in [6, 6.07) is 11.9. The van der Waals surface area contributed by atoms with Crippen LogP contribution in [0.25, 0.3) is 0 Å². The van der Waals surface area contributed by atoms with Crippen LogP contribution >= 0.6 is 0 Å². The number of carbonyl (C=O) groups excluding carboxylic acids is 2. The molecule has 0 aromatic heterocycles. The number of urea groups is 2. The first-order valence-corrected chi connectivity index (χ1v) is 12.4. The fraction of sp³-hybridized carbons (Fsp3) is 0.286. The van der Waals surface area contributed by atoms with E-state index in [1.807, 2.05) is 0 Å². The molecule has 42 heavy (non-hydrogen) atoms. The fourth-order valence-electron chi connectivity index (χ4n) is 4.68. The first-order chi connectivity index (χ1) is 19.5. The first-order valence-electron chi connectivity index (χ1n) is 12.4. The molecule has 1 aliphatic heterocycles. The Morgan fingerprint density at radius 2 is 1.52 bits per heavy atom. The molecule has 0 spiro atoms. The summed E-state index contributed by atoms with van der Waals surface area (Å²) in [6.07, 6.45) is -11.1. The lowest BCUT2D eigenvalue weighted by molar-refractivity contribution is -0.138. The molecule has 3 aromatic carbocycles. The molecule has 8 nitrogen and oxygen atoms in total. The molecule has 2 N–H and O–H groups in total. The number of ether oxygens (including phenoxy) is 1. The van der Waals surface area contributed by atoms with E-state index in [1.165, 1.54) is 31.9 Å². The Morgan fingerprint density at radius 3 is 2.10 bits per heavy atom. The number of benzene rings is 3. The number of anilines is 2. The highest BCUT2D eigenvalue weighted by atomic mass is 19.4. The lowest BCUT2D eigenvalue weighted by Crippen LogP contribution is -2.58. The number of rotatable bonds is 6. The SMILES string of the molecule is COc1ccc(CN2C(=O)N(c3cccc(C(F)(F)F)c3)C(N(O)C(=O)Nc3cccc(C(F)(F)F)c3)C2(C)C)cc1. The van der Waals surface area contributed by atoms with Crippen molar-refractivity contribution in [2.24, 2.45) is 0 Å². The van der Waals surface area contributed by atoms with E-state index in [-0.39, 0.29) is 23.0 Å². The summed E-state index contributed by atoms with van der Waals surface area (Å²) in [7, 11) is 1.47. The Balaban J connectivity index is 1.73. The second kappa shape index (κ2) is 11.1. The molecule has 1 heterocycles. The highest BCUT2D eigenvalue weighted by Crippen LogP contribution is 2.41. The van der Waals surface area contributed by atoms with E-state index in [9.17, 15) is 41.1 Å². The van der Waals surface area contributed by atoms with Gasteiger partial charge in [-0.05, 0) is 67.9 Å². The zero-order valence-electron chi connectivity index (χ0n) is 22.5. The van der Waals surface area contributed by atoms with Gasteiger partial charge >= 0.3 is 24.4 Å². The van der Waals surface area contributed by atoms with Crippen LogP contribution in [0.1, 0.15) is 30.5 Å². The van der Waals surface area contributed by atoms with Gasteiger partial charge in [0.1, 0.15) is 5.75 Å². The predicted octanol–water partition coefficient (Wildman–Crippen LogP) is 7.20. The third kappa shape index (κ3) is 6.08. The third-order valence-electron chi connectivity index (χ3n) is 6.84. The standard InChI is InChI=1S/C28H26F6N4O4/c1-26(2)23(38(41)24(39)35-20-8-4-6-18(14-20)27(29,30)31)37(21-9-5-7-19(15-21)28(32,33)34)25(40)36(26)16-17-10-12-22(42-3)13-11-17/h4-15,23,41H,16H2,1-3H3,(H,35,39). The summed E-state index contributed by atoms with van der Waals surface area (Å²) < 4.78 is 85.3. The molecule has 14 heteroatoms. The second-order valence-electron chi connectivity index (χ2n) is 10.0. The van der Waals surface area contributed by atoms with E-state index in [0.717, 1.165) is 35.2 Å². The number of carbonyl (C=O) groups is 2. The van der Waals surface area contributed by atoms with E-state index in [2.05, 4.69) is 5.32 Å². The van der Waals surface area contributed by atoms with Crippen LogP contribution in [0.4, 0.5) is 47.3 Å². The number of amides is 4. The lowest BCUT2D eigenvalue weighted by Gasteiger charge is -2.38. The average Bonchev–Trinajstić information content (AvgIpc) is 3.12. The molecule has 4 amide bonds. The van der Waals surface area contributed by atoms with Gasteiger partial charge in [-0.25, -0.2) is 9.59 Å². The summed E-state index contributed by atoms with van der Waals surface area (Å²) in [5.74, 6) is 0.544. The smallest absolute Gasteiger partial charge is 0.416 e. The summed E-state index contributed by atoms with van der Waals surface area (Å²) in [5, 5.41) is 13.4. The van der Waals surface area contributed by atoms with Crippen LogP contribution in [-0.2, 0) is 18.9 Å². The van der Waals surface area contributed by atoms with Gasteiger partial charge in [0.25, 0.3) is 0 Å². The van der Waals surface area contributed by atoms with Gasteiger partial charge in [-0.1, -0.05) is 24.3 Å². The van der Waals surface area contributed by atoms with Crippen molar-refractivity contribution in [3.05, 3.63) is 89.5 Å². The summed E-state index contributed by atoms with van der Waals surface area (Å²) in [6.45, 7) is 2.92. The minimum absolute atomic E-state index is 0.0646. The third-order valence-corrected chi connectivity index (χ3v) is 6.84. The summed E-state index contributed by atoms with van der Waals surface area (Å²) in [4.78, 5) is 29.0. The molecule has 0 radical (unpaired) electrons. The van der Waals surface area contributed by atoms with Crippen LogP contribution in [0.3, 0.4) is 0 Å². The maximum Gasteiger partial charge on any atom is 0.416 e. The number of methoxy groups -OCH3 is 1. The van der Waals surface area contributed by atoms with Crippen molar-refractivity contribution in [3.8, 4) is 5.75 Å². The Labute approximate surface area is 236 Å². The molecule has 1 unspecified atom stereocenters. The van der Waals surface area contributed by atoms with Crippen molar-refractivity contribution in [2.75, 3.05) is 17.3 Å². The molecule has 3 aromatic rings. The van der Waals surface area contributed by atoms with Crippen molar-refractivity contribution in [1.29, 1.82) is 0 Å². The molecule has 1 aliphatic rings. The largest absolute Gasteiger partial charge is 0.497 e. The lowest BCUT2D eigenvalue weighted by atomic mass is 9.99. The Hall–Kier alpha value is -4.46. The normalized spacial score (nSPS) is 16.9. The van der Waals surface area contributed by atoms with E-state index in [0.29, 0.717) is 23.4 Å². The van der Waals surface area contributed by atoms with Crippen LogP contribution in [0.5, 0.6) is 5.75 Å². The number of nitrogens with one attached hydrogen (secondary N) is 1. The number of alkyl halides is 6. The number of hydrogen-bond acceptors (Lipinski definition) is 4. The second-order valence-corrected chi connectivity index (χ2v) is 10.0. The van der Waals surface area contributed by atoms with Crippen LogP contribution in [0, 0.1) is 0 Å². The van der Waals surface area contributed by atoms with Gasteiger partial charge in [0, 0.05) is 17.9 Å². The number of halogens is 6. The molecule has 1 fully saturated rings. The number of nitrogens with zero attached hydrogens (tertiary/aromatic N) is 3. The molecule has 0 aliphatic carbocycles. The molecule has 1 saturated heterocycles. The van der Waals surface area contributed by atoms with Crippen LogP contribution in [0.15, 0.2) is 72.8 Å². The van der Waals surface area contributed by atoms with Gasteiger partial charge in [-0.3, -0.25) is 10.1 Å². The molecule has 1 atom stereocenters. The molecule has 0 saturated carbocycles. The Kier molecular flexibility index (Phi) is 8.05. The van der Waals surface area contributed by atoms with Crippen LogP contribution in [0.2, 0.25) is 0 Å². The number of hydrogen-bond donors (Lipinski definition) is 2. The highest BCUT2D eigenvalue weighted by molar-refractivity contribution is 5.98. The zero-order valence-corrected chi connectivity index (χ0v) is 22.5. The molecule has 0 bridgehead atoms. The van der Waals surface area contributed by atoms with E-state index < -0.39 is 47.2 Å². The van der Waals surface area contributed by atoms with Crippen molar-refractivity contribution >= 4 is 23.4 Å². The van der Waals surface area contributed by atoms with Crippen molar-refractivity contribution in [3.63, 3.8) is 0 Å². The van der Waals surface area contributed by atoms with Gasteiger partial charge in [-0.2, -0.15) is 31.4 Å². The summed E-state index contributed by atoms with van der Waals surface area (Å²) >= 11 is 0. The quantitative estimate of drug-likeness (QED) is 0.179. The minimum Gasteiger partial charge on any atom is -0.497 e. The molecular formula is C28H26F6N4O4. The zero-order chi connectivity index (χ0) is 31.0. The highest BCUT2D eigenvalue weighted by Gasteiger charge is 2.56. The topological polar surface area (TPSA) is 85.3 Å². The van der Waals surface area contributed by atoms with Gasteiger partial charge in [0.05, 0.1) is 23.8 Å². The van der Waals surface area contributed by atoms with Gasteiger partial charge < -0.3 is 15.0 Å². The monoisotopic (exact) mass is 596 g/mol. The first kappa shape index (κ1) is 30.5. The average molecular weight is 597 g/mol. The van der Waals surface area contributed by atoms with Crippen molar-refractivity contribution in [2.45, 2.75) is 44.4 Å². The van der Waals surface area contributed by atoms with E-state index in [4.69, 9.17) is 4.74 Å². The maximum atomic E-state index is 13.8. The molecule has 4 rings (SSSR count). The van der Waals surface area contributed by atoms with Crippen molar-refractivity contribution < 1.29 is 45.9 Å². The van der Waals surface area contributed by atoms with Gasteiger partial charge in [0.2, 0.25) is 0 Å². The van der Waals surface area contributed by atoms with Crippen molar-refractivity contribution in [1.82, 2.24) is 9.96 Å². The number of hydroxylamine groups is 2.